The molecule has 0 saturated carbocycles. The molecule has 1 saturated heterocycles. The topological polar surface area (TPSA) is 53.6 Å². The monoisotopic (exact) mass is 409 g/mol. The molecular formula is C20H25Cl2N3O2. The van der Waals surface area contributed by atoms with Crippen molar-refractivity contribution in [3.63, 3.8) is 0 Å². The summed E-state index contributed by atoms with van der Waals surface area (Å²) >= 11 is 0. The fourth-order valence-electron chi connectivity index (χ4n) is 3.44. The average molecular weight is 410 g/mol. The predicted octanol–water partition coefficient (Wildman–Crippen LogP) is 3.02. The molecule has 0 aliphatic carbocycles. The molecule has 2 N–H and O–H groups in total. The number of nitrogens with zero attached hydrogens (tertiary/aromatic N) is 1. The predicted molar refractivity (Wildman–Crippen MR) is 113 cm³/mol. The number of carbonyl (C=O) groups is 1. The Hall–Kier alpha value is -1.79. The minimum Gasteiger partial charge on any atom is -0.367 e. The van der Waals surface area contributed by atoms with Crippen LogP contribution in [0.2, 0.25) is 0 Å². The van der Waals surface area contributed by atoms with Crippen LogP contribution in [0.4, 0.5) is 11.4 Å². The van der Waals surface area contributed by atoms with E-state index in [1.54, 1.807) is 0 Å². The molecule has 146 valence electrons. The van der Waals surface area contributed by atoms with Crippen molar-refractivity contribution in [2.45, 2.75) is 19.1 Å². The number of benzene rings is 2. The Kier molecular flexibility index (Phi) is 7.92. The number of nitrogens with one attached hydrogen (secondary N) is 2. The third-order valence-corrected chi connectivity index (χ3v) is 4.80. The highest BCUT2D eigenvalue weighted by molar-refractivity contribution is 5.94. The lowest BCUT2D eigenvalue weighted by Crippen LogP contribution is -2.45. The van der Waals surface area contributed by atoms with E-state index in [0.29, 0.717) is 13.2 Å². The number of fused-ring (bicyclic) bond motifs is 1. The SMILES string of the molecule is Cl.Cl.O=C(Nc1ccc(CN2CCc3ccccc32)cc1)C1CNCCO1. The third kappa shape index (κ3) is 5.14. The zero-order valence-electron chi connectivity index (χ0n) is 15.0. The van der Waals surface area contributed by atoms with E-state index in [4.69, 9.17) is 4.74 Å². The van der Waals surface area contributed by atoms with Crippen molar-refractivity contribution in [2.75, 3.05) is 36.5 Å². The Morgan fingerprint density at radius 1 is 1.15 bits per heavy atom. The second-order valence-corrected chi connectivity index (χ2v) is 6.55. The number of ether oxygens (including phenoxy) is 1. The normalized spacial score (nSPS) is 18.1. The third-order valence-electron chi connectivity index (χ3n) is 4.80. The minimum absolute atomic E-state index is 0. The Labute approximate surface area is 172 Å². The summed E-state index contributed by atoms with van der Waals surface area (Å²) in [6, 6.07) is 16.7. The van der Waals surface area contributed by atoms with E-state index in [0.717, 1.165) is 31.7 Å². The molecule has 1 fully saturated rings. The standard InChI is InChI=1S/C20H23N3O2.2ClH/c24-20(19-13-21-10-12-25-19)22-17-7-5-15(6-8-17)14-23-11-9-16-3-1-2-4-18(16)23;;/h1-8,19,21H,9-14H2,(H,22,24);2*1H. The van der Waals surface area contributed by atoms with Crippen molar-refractivity contribution >= 4 is 42.1 Å². The fraction of sp³-hybridized carbons (Fsp3) is 0.350. The summed E-state index contributed by atoms with van der Waals surface area (Å²) in [5.74, 6) is -0.0894. The molecule has 1 atom stereocenters. The van der Waals surface area contributed by atoms with Crippen molar-refractivity contribution in [3.05, 3.63) is 59.7 Å². The van der Waals surface area contributed by atoms with Gasteiger partial charge < -0.3 is 20.3 Å². The number of rotatable bonds is 4. The number of amides is 1. The van der Waals surface area contributed by atoms with Crippen LogP contribution in [-0.4, -0.2) is 38.3 Å². The van der Waals surface area contributed by atoms with E-state index >= 15 is 0 Å². The largest absolute Gasteiger partial charge is 0.367 e. The van der Waals surface area contributed by atoms with Crippen molar-refractivity contribution in [1.82, 2.24) is 5.32 Å². The quantitative estimate of drug-likeness (QED) is 0.814. The molecule has 2 aromatic rings. The van der Waals surface area contributed by atoms with Crippen LogP contribution in [-0.2, 0) is 22.5 Å². The molecule has 0 spiro atoms. The van der Waals surface area contributed by atoms with Gasteiger partial charge in [0.25, 0.3) is 5.91 Å². The highest BCUT2D eigenvalue weighted by Crippen LogP contribution is 2.28. The molecule has 4 rings (SSSR count). The highest BCUT2D eigenvalue weighted by Gasteiger charge is 2.22. The Balaban J connectivity index is 0.00000131. The average Bonchev–Trinajstić information content (AvgIpc) is 3.07. The first-order valence-electron chi connectivity index (χ1n) is 8.84. The van der Waals surface area contributed by atoms with Gasteiger partial charge in [-0.05, 0) is 35.7 Å². The maximum atomic E-state index is 12.2. The number of carbonyl (C=O) groups excluding carboxylic acids is 1. The maximum absolute atomic E-state index is 12.2. The van der Waals surface area contributed by atoms with Crippen LogP contribution in [0.15, 0.2) is 48.5 Å². The molecule has 0 radical (unpaired) electrons. The van der Waals surface area contributed by atoms with Gasteiger partial charge in [-0.15, -0.1) is 24.8 Å². The van der Waals surface area contributed by atoms with E-state index in [1.807, 2.05) is 12.1 Å². The zero-order chi connectivity index (χ0) is 17.1. The van der Waals surface area contributed by atoms with Crippen molar-refractivity contribution in [2.24, 2.45) is 0 Å². The Morgan fingerprint density at radius 2 is 1.93 bits per heavy atom. The van der Waals surface area contributed by atoms with Gasteiger partial charge in [0.05, 0.1) is 6.61 Å². The number of para-hydroxylation sites is 1. The van der Waals surface area contributed by atoms with Gasteiger partial charge in [0.1, 0.15) is 6.10 Å². The fourth-order valence-corrected chi connectivity index (χ4v) is 3.44. The van der Waals surface area contributed by atoms with Gasteiger partial charge in [0.2, 0.25) is 0 Å². The van der Waals surface area contributed by atoms with Crippen LogP contribution in [0, 0.1) is 0 Å². The first kappa shape index (κ1) is 21.5. The van der Waals surface area contributed by atoms with Crippen molar-refractivity contribution < 1.29 is 9.53 Å². The van der Waals surface area contributed by atoms with Gasteiger partial charge in [0, 0.05) is 37.6 Å². The lowest BCUT2D eigenvalue weighted by atomic mass is 10.1. The van der Waals surface area contributed by atoms with Gasteiger partial charge in [-0.1, -0.05) is 30.3 Å². The molecular weight excluding hydrogens is 385 g/mol. The van der Waals surface area contributed by atoms with Gasteiger partial charge in [-0.2, -0.15) is 0 Å². The van der Waals surface area contributed by atoms with Gasteiger partial charge in [-0.25, -0.2) is 0 Å². The van der Waals surface area contributed by atoms with E-state index in [-0.39, 0.29) is 30.7 Å². The summed E-state index contributed by atoms with van der Waals surface area (Å²) in [5.41, 5.74) is 4.81. The van der Waals surface area contributed by atoms with Crippen molar-refractivity contribution in [1.29, 1.82) is 0 Å². The van der Waals surface area contributed by atoms with E-state index in [1.165, 1.54) is 16.8 Å². The van der Waals surface area contributed by atoms with Gasteiger partial charge in [-0.3, -0.25) is 4.79 Å². The molecule has 0 bridgehead atoms. The maximum Gasteiger partial charge on any atom is 0.254 e. The van der Waals surface area contributed by atoms with Crippen LogP contribution < -0.4 is 15.5 Å². The van der Waals surface area contributed by atoms with Crippen LogP contribution in [0.25, 0.3) is 0 Å². The molecule has 2 aliphatic heterocycles. The van der Waals surface area contributed by atoms with Crippen LogP contribution >= 0.6 is 24.8 Å². The van der Waals surface area contributed by atoms with Crippen molar-refractivity contribution in [3.8, 4) is 0 Å². The summed E-state index contributed by atoms with van der Waals surface area (Å²) in [6.45, 7) is 3.90. The second-order valence-electron chi connectivity index (χ2n) is 6.55. The molecule has 27 heavy (non-hydrogen) atoms. The summed E-state index contributed by atoms with van der Waals surface area (Å²) in [5, 5.41) is 6.10. The van der Waals surface area contributed by atoms with Gasteiger partial charge >= 0.3 is 0 Å². The number of hydrogen-bond acceptors (Lipinski definition) is 4. The smallest absolute Gasteiger partial charge is 0.254 e. The summed E-state index contributed by atoms with van der Waals surface area (Å²) in [4.78, 5) is 14.6. The molecule has 5 nitrogen and oxygen atoms in total. The number of hydrogen-bond donors (Lipinski definition) is 2. The van der Waals surface area contributed by atoms with E-state index in [2.05, 4.69) is 51.9 Å². The number of morpholine rings is 1. The summed E-state index contributed by atoms with van der Waals surface area (Å²) in [6.07, 6.45) is 0.703. The number of halogens is 2. The first-order chi connectivity index (χ1) is 12.3. The molecule has 7 heteroatoms. The highest BCUT2D eigenvalue weighted by atomic mass is 35.5. The molecule has 2 aromatic carbocycles. The molecule has 2 heterocycles. The molecule has 1 amide bonds. The summed E-state index contributed by atoms with van der Waals surface area (Å²) in [7, 11) is 0. The molecule has 1 unspecified atom stereocenters. The Bertz CT molecular complexity index is 749. The molecule has 0 aromatic heterocycles. The first-order valence-corrected chi connectivity index (χ1v) is 8.84. The number of anilines is 2. The minimum atomic E-state index is -0.408. The van der Waals surface area contributed by atoms with Gasteiger partial charge in [0.15, 0.2) is 0 Å². The zero-order valence-corrected chi connectivity index (χ0v) is 16.7. The second kappa shape index (κ2) is 9.95. The van der Waals surface area contributed by atoms with Crippen LogP contribution in [0.1, 0.15) is 11.1 Å². The van der Waals surface area contributed by atoms with E-state index < -0.39 is 6.10 Å². The summed E-state index contributed by atoms with van der Waals surface area (Å²) < 4.78 is 5.48. The van der Waals surface area contributed by atoms with Crippen LogP contribution in [0.5, 0.6) is 0 Å². The van der Waals surface area contributed by atoms with Crippen LogP contribution in [0.3, 0.4) is 0 Å². The van der Waals surface area contributed by atoms with E-state index in [9.17, 15) is 4.79 Å². The Morgan fingerprint density at radius 3 is 2.67 bits per heavy atom. The lowest BCUT2D eigenvalue weighted by molar-refractivity contribution is -0.128. The molecule has 2 aliphatic rings. The lowest BCUT2D eigenvalue weighted by Gasteiger charge is -2.23.